The van der Waals surface area contributed by atoms with Gasteiger partial charge in [0.05, 0.1) is 12.4 Å². The van der Waals surface area contributed by atoms with E-state index in [4.69, 9.17) is 10.5 Å². The normalized spacial score (nSPS) is 10.1. The van der Waals surface area contributed by atoms with Crippen molar-refractivity contribution >= 4 is 5.91 Å². The van der Waals surface area contributed by atoms with Crippen LogP contribution in [0, 0.1) is 0 Å². The molecule has 1 amide bonds. The standard InChI is InChI=1S/C12H12N4O2/c1-2-8-3-9(4-11(16-8)12(13)17)18-10-5-14-7-15-6-10/h3-7H,2H2,1H3,(H2,13,17). The van der Waals surface area contributed by atoms with Gasteiger partial charge in [0, 0.05) is 17.8 Å². The van der Waals surface area contributed by atoms with E-state index >= 15 is 0 Å². The molecule has 2 N–H and O–H groups in total. The zero-order valence-electron chi connectivity index (χ0n) is 9.83. The summed E-state index contributed by atoms with van der Waals surface area (Å²) in [7, 11) is 0. The third-order valence-electron chi connectivity index (χ3n) is 2.24. The second-order valence-electron chi connectivity index (χ2n) is 3.57. The zero-order chi connectivity index (χ0) is 13.0. The van der Waals surface area contributed by atoms with Crippen molar-refractivity contribution in [2.24, 2.45) is 5.73 Å². The van der Waals surface area contributed by atoms with Crippen LogP contribution in [0.25, 0.3) is 0 Å². The van der Waals surface area contributed by atoms with Crippen LogP contribution in [0.2, 0.25) is 0 Å². The number of hydrogen-bond acceptors (Lipinski definition) is 5. The van der Waals surface area contributed by atoms with Crippen LogP contribution in [0.5, 0.6) is 11.5 Å². The lowest BCUT2D eigenvalue weighted by molar-refractivity contribution is 0.0995. The Labute approximate surface area is 104 Å². The van der Waals surface area contributed by atoms with E-state index in [-0.39, 0.29) is 5.69 Å². The molecular weight excluding hydrogens is 232 g/mol. The fourth-order valence-electron chi connectivity index (χ4n) is 1.40. The van der Waals surface area contributed by atoms with Crippen LogP contribution < -0.4 is 10.5 Å². The molecule has 0 unspecified atom stereocenters. The Hall–Kier alpha value is -2.50. The van der Waals surface area contributed by atoms with Crippen molar-refractivity contribution in [1.82, 2.24) is 15.0 Å². The Morgan fingerprint density at radius 1 is 1.28 bits per heavy atom. The van der Waals surface area contributed by atoms with Crippen molar-refractivity contribution in [3.05, 3.63) is 42.2 Å². The largest absolute Gasteiger partial charge is 0.454 e. The lowest BCUT2D eigenvalue weighted by atomic mass is 10.2. The van der Waals surface area contributed by atoms with Gasteiger partial charge in [0.2, 0.25) is 0 Å². The first-order valence-electron chi connectivity index (χ1n) is 5.42. The van der Waals surface area contributed by atoms with E-state index < -0.39 is 5.91 Å². The van der Waals surface area contributed by atoms with Gasteiger partial charge in [-0.1, -0.05) is 6.92 Å². The summed E-state index contributed by atoms with van der Waals surface area (Å²) >= 11 is 0. The van der Waals surface area contributed by atoms with Gasteiger partial charge in [-0.05, 0) is 6.42 Å². The van der Waals surface area contributed by atoms with Gasteiger partial charge in [0.25, 0.3) is 5.91 Å². The first-order valence-corrected chi connectivity index (χ1v) is 5.42. The molecule has 0 spiro atoms. The van der Waals surface area contributed by atoms with E-state index in [0.29, 0.717) is 17.9 Å². The van der Waals surface area contributed by atoms with Crippen LogP contribution in [-0.4, -0.2) is 20.9 Å². The zero-order valence-corrected chi connectivity index (χ0v) is 9.83. The number of carbonyl (C=O) groups excluding carboxylic acids is 1. The molecule has 0 atom stereocenters. The molecule has 2 rings (SSSR count). The first kappa shape index (κ1) is 12.0. The molecule has 2 heterocycles. The summed E-state index contributed by atoms with van der Waals surface area (Å²) in [4.78, 5) is 22.9. The van der Waals surface area contributed by atoms with E-state index in [9.17, 15) is 4.79 Å². The van der Waals surface area contributed by atoms with Crippen molar-refractivity contribution < 1.29 is 9.53 Å². The van der Waals surface area contributed by atoms with Gasteiger partial charge < -0.3 is 10.5 Å². The van der Waals surface area contributed by atoms with E-state index in [1.54, 1.807) is 6.07 Å². The number of rotatable bonds is 4. The van der Waals surface area contributed by atoms with Crippen molar-refractivity contribution in [2.45, 2.75) is 13.3 Å². The van der Waals surface area contributed by atoms with Crippen LogP contribution in [0.3, 0.4) is 0 Å². The maximum atomic E-state index is 11.2. The molecule has 92 valence electrons. The second kappa shape index (κ2) is 5.22. The Morgan fingerprint density at radius 2 is 2.00 bits per heavy atom. The van der Waals surface area contributed by atoms with Gasteiger partial charge in [-0.25, -0.2) is 15.0 Å². The number of amides is 1. The SMILES string of the molecule is CCc1cc(Oc2cncnc2)cc(C(N)=O)n1. The van der Waals surface area contributed by atoms with Crippen molar-refractivity contribution in [1.29, 1.82) is 0 Å². The number of aromatic nitrogens is 3. The summed E-state index contributed by atoms with van der Waals surface area (Å²) in [6, 6.07) is 3.24. The lowest BCUT2D eigenvalue weighted by Gasteiger charge is -2.07. The van der Waals surface area contributed by atoms with E-state index in [1.807, 2.05) is 6.92 Å². The Bertz CT molecular complexity index is 557. The van der Waals surface area contributed by atoms with Crippen LogP contribution in [0.15, 0.2) is 30.9 Å². The van der Waals surface area contributed by atoms with Crippen molar-refractivity contribution in [2.75, 3.05) is 0 Å². The first-order chi connectivity index (χ1) is 8.69. The molecule has 18 heavy (non-hydrogen) atoms. The molecule has 0 aromatic carbocycles. The van der Waals surface area contributed by atoms with Gasteiger partial charge in [0.15, 0.2) is 5.75 Å². The van der Waals surface area contributed by atoms with E-state index in [1.165, 1.54) is 24.8 Å². The van der Waals surface area contributed by atoms with Crippen LogP contribution in [-0.2, 0) is 6.42 Å². The quantitative estimate of drug-likeness (QED) is 0.875. The molecule has 0 radical (unpaired) electrons. The monoisotopic (exact) mass is 244 g/mol. The van der Waals surface area contributed by atoms with Gasteiger partial charge in [-0.2, -0.15) is 0 Å². The summed E-state index contributed by atoms with van der Waals surface area (Å²) < 4.78 is 5.54. The van der Waals surface area contributed by atoms with Crippen molar-refractivity contribution in [3.8, 4) is 11.5 Å². The highest BCUT2D eigenvalue weighted by Gasteiger charge is 2.08. The predicted molar refractivity (Wildman–Crippen MR) is 64.2 cm³/mol. The Balaban J connectivity index is 2.32. The molecule has 0 fully saturated rings. The lowest BCUT2D eigenvalue weighted by Crippen LogP contribution is -2.14. The molecule has 0 bridgehead atoms. The molecule has 0 aliphatic heterocycles. The predicted octanol–water partition coefficient (Wildman–Crippen LogP) is 1.33. The van der Waals surface area contributed by atoms with Gasteiger partial charge in [-0.15, -0.1) is 0 Å². The minimum absolute atomic E-state index is 0.182. The minimum Gasteiger partial charge on any atom is -0.454 e. The second-order valence-corrected chi connectivity index (χ2v) is 3.57. The third-order valence-corrected chi connectivity index (χ3v) is 2.24. The summed E-state index contributed by atoms with van der Waals surface area (Å²) in [5.41, 5.74) is 6.13. The molecule has 0 aliphatic carbocycles. The Kier molecular flexibility index (Phi) is 3.47. The highest BCUT2D eigenvalue weighted by molar-refractivity contribution is 5.91. The molecule has 2 aromatic heterocycles. The third kappa shape index (κ3) is 2.79. The van der Waals surface area contributed by atoms with E-state index in [2.05, 4.69) is 15.0 Å². The highest BCUT2D eigenvalue weighted by atomic mass is 16.5. The number of nitrogens with two attached hydrogens (primary N) is 1. The number of nitrogens with zero attached hydrogens (tertiary/aromatic N) is 3. The average molecular weight is 244 g/mol. The van der Waals surface area contributed by atoms with Gasteiger partial charge in [0.1, 0.15) is 17.8 Å². The maximum absolute atomic E-state index is 11.2. The molecule has 6 nitrogen and oxygen atoms in total. The summed E-state index contributed by atoms with van der Waals surface area (Å²) in [5, 5.41) is 0. The fraction of sp³-hybridized carbons (Fsp3) is 0.167. The van der Waals surface area contributed by atoms with Gasteiger partial charge >= 0.3 is 0 Å². The molecule has 0 aliphatic rings. The summed E-state index contributed by atoms with van der Waals surface area (Å²) in [5.74, 6) is 0.395. The van der Waals surface area contributed by atoms with Gasteiger partial charge in [-0.3, -0.25) is 4.79 Å². The molecule has 0 saturated carbocycles. The fourth-order valence-corrected chi connectivity index (χ4v) is 1.40. The van der Waals surface area contributed by atoms with Crippen LogP contribution in [0.4, 0.5) is 0 Å². The topological polar surface area (TPSA) is 91.0 Å². The minimum atomic E-state index is -0.584. The maximum Gasteiger partial charge on any atom is 0.267 e. The molecule has 2 aromatic rings. The Morgan fingerprint density at radius 3 is 2.61 bits per heavy atom. The summed E-state index contributed by atoms with van der Waals surface area (Å²) in [6.07, 6.45) is 5.15. The number of pyridine rings is 1. The highest BCUT2D eigenvalue weighted by Crippen LogP contribution is 2.21. The number of primary amides is 1. The molecule has 0 saturated heterocycles. The number of carbonyl (C=O) groups is 1. The average Bonchev–Trinajstić information content (AvgIpc) is 2.39. The van der Waals surface area contributed by atoms with E-state index in [0.717, 1.165) is 5.69 Å². The number of aryl methyl sites for hydroxylation is 1. The summed E-state index contributed by atoms with van der Waals surface area (Å²) in [6.45, 7) is 1.93. The number of ether oxygens (including phenoxy) is 1. The number of hydrogen-bond donors (Lipinski definition) is 1. The van der Waals surface area contributed by atoms with Crippen molar-refractivity contribution in [3.63, 3.8) is 0 Å². The molecule has 6 heteroatoms. The molecular formula is C12H12N4O2. The van der Waals surface area contributed by atoms with Crippen LogP contribution >= 0.6 is 0 Å². The smallest absolute Gasteiger partial charge is 0.267 e. The van der Waals surface area contributed by atoms with Crippen LogP contribution in [0.1, 0.15) is 23.1 Å².